The standard InChI is InChI=1S/C14H19NO3/c1-8-5-6-12(11(4)10(8)3)15-13(16)7-9(2)14(17)18/h5-6,9H,7H2,1-4H3,(H,15,16)(H,17,18). The number of nitrogens with one attached hydrogen (secondary N) is 1. The third-order valence-corrected chi connectivity index (χ3v) is 3.25. The van der Waals surface area contributed by atoms with Crippen molar-refractivity contribution < 1.29 is 14.7 Å². The number of hydrogen-bond acceptors (Lipinski definition) is 2. The number of aryl methyl sites for hydroxylation is 1. The van der Waals surface area contributed by atoms with Gasteiger partial charge in [0.1, 0.15) is 0 Å². The SMILES string of the molecule is Cc1ccc(NC(=O)CC(C)C(=O)O)c(C)c1C. The largest absolute Gasteiger partial charge is 0.481 e. The molecule has 4 nitrogen and oxygen atoms in total. The molecule has 1 unspecified atom stereocenters. The number of benzene rings is 1. The van der Waals surface area contributed by atoms with E-state index in [1.807, 2.05) is 32.9 Å². The number of carbonyl (C=O) groups excluding carboxylic acids is 1. The molecular weight excluding hydrogens is 230 g/mol. The third kappa shape index (κ3) is 3.32. The molecular formula is C14H19NO3. The van der Waals surface area contributed by atoms with E-state index in [-0.39, 0.29) is 12.3 Å². The minimum atomic E-state index is -0.957. The predicted molar refractivity (Wildman–Crippen MR) is 70.7 cm³/mol. The van der Waals surface area contributed by atoms with Crippen molar-refractivity contribution in [1.29, 1.82) is 0 Å². The minimum Gasteiger partial charge on any atom is -0.481 e. The molecule has 1 atom stereocenters. The van der Waals surface area contributed by atoms with Gasteiger partial charge < -0.3 is 10.4 Å². The summed E-state index contributed by atoms with van der Waals surface area (Å²) in [7, 11) is 0. The molecule has 1 rings (SSSR count). The van der Waals surface area contributed by atoms with E-state index in [4.69, 9.17) is 5.11 Å². The molecule has 0 spiro atoms. The molecule has 1 aromatic carbocycles. The van der Waals surface area contributed by atoms with Gasteiger partial charge in [0, 0.05) is 12.1 Å². The quantitative estimate of drug-likeness (QED) is 0.862. The molecule has 0 aliphatic heterocycles. The van der Waals surface area contributed by atoms with Gasteiger partial charge in [-0.25, -0.2) is 0 Å². The molecule has 0 aromatic heterocycles. The van der Waals surface area contributed by atoms with Crippen molar-refractivity contribution >= 4 is 17.6 Å². The Kier molecular flexibility index (Phi) is 4.48. The van der Waals surface area contributed by atoms with Gasteiger partial charge in [-0.05, 0) is 43.5 Å². The second-order valence-corrected chi connectivity index (χ2v) is 4.67. The maximum atomic E-state index is 11.7. The molecule has 2 N–H and O–H groups in total. The topological polar surface area (TPSA) is 66.4 Å². The van der Waals surface area contributed by atoms with Crippen LogP contribution in [0.25, 0.3) is 0 Å². The van der Waals surface area contributed by atoms with Crippen LogP contribution in [0, 0.1) is 26.7 Å². The number of carboxylic acid groups (broad SMARTS) is 1. The van der Waals surface area contributed by atoms with Crippen LogP contribution in [0.3, 0.4) is 0 Å². The van der Waals surface area contributed by atoms with Gasteiger partial charge in [-0.2, -0.15) is 0 Å². The maximum Gasteiger partial charge on any atom is 0.306 e. The van der Waals surface area contributed by atoms with Gasteiger partial charge in [-0.1, -0.05) is 13.0 Å². The van der Waals surface area contributed by atoms with E-state index >= 15 is 0 Å². The van der Waals surface area contributed by atoms with Crippen LogP contribution in [-0.2, 0) is 9.59 Å². The van der Waals surface area contributed by atoms with Crippen molar-refractivity contribution in [3.63, 3.8) is 0 Å². The summed E-state index contributed by atoms with van der Waals surface area (Å²) < 4.78 is 0. The van der Waals surface area contributed by atoms with Gasteiger partial charge in [-0.3, -0.25) is 9.59 Å². The molecule has 0 saturated heterocycles. The van der Waals surface area contributed by atoms with E-state index in [0.717, 1.165) is 16.8 Å². The fraction of sp³-hybridized carbons (Fsp3) is 0.429. The number of carbonyl (C=O) groups is 2. The van der Waals surface area contributed by atoms with Crippen LogP contribution in [-0.4, -0.2) is 17.0 Å². The molecule has 0 bridgehead atoms. The number of rotatable bonds is 4. The van der Waals surface area contributed by atoms with Gasteiger partial charge >= 0.3 is 5.97 Å². The van der Waals surface area contributed by atoms with Crippen LogP contribution < -0.4 is 5.32 Å². The molecule has 1 aromatic rings. The molecule has 18 heavy (non-hydrogen) atoms. The number of carboxylic acids is 1. The van der Waals surface area contributed by atoms with Crippen LogP contribution in [0.1, 0.15) is 30.0 Å². The fourth-order valence-electron chi connectivity index (χ4n) is 1.66. The average Bonchev–Trinajstić information content (AvgIpc) is 2.29. The molecule has 0 saturated carbocycles. The zero-order valence-electron chi connectivity index (χ0n) is 11.2. The van der Waals surface area contributed by atoms with Gasteiger partial charge in [0.25, 0.3) is 0 Å². The summed E-state index contributed by atoms with van der Waals surface area (Å²) in [6.07, 6.45) is -0.0122. The first-order valence-corrected chi connectivity index (χ1v) is 5.92. The Morgan fingerprint density at radius 2 is 1.83 bits per heavy atom. The van der Waals surface area contributed by atoms with E-state index in [2.05, 4.69) is 5.32 Å². The summed E-state index contributed by atoms with van der Waals surface area (Å²) in [6, 6.07) is 3.79. The molecule has 0 aliphatic carbocycles. The molecule has 98 valence electrons. The molecule has 0 heterocycles. The van der Waals surface area contributed by atoms with E-state index in [1.165, 1.54) is 12.5 Å². The number of anilines is 1. The lowest BCUT2D eigenvalue weighted by atomic mass is 10.0. The van der Waals surface area contributed by atoms with Crippen LogP contribution >= 0.6 is 0 Å². The summed E-state index contributed by atoms with van der Waals surface area (Å²) in [5, 5.41) is 11.5. The predicted octanol–water partition coefficient (Wildman–Crippen LogP) is 2.66. The summed E-state index contributed by atoms with van der Waals surface area (Å²) in [5.74, 6) is -1.89. The summed E-state index contributed by atoms with van der Waals surface area (Å²) >= 11 is 0. The lowest BCUT2D eigenvalue weighted by Crippen LogP contribution is -2.20. The maximum absolute atomic E-state index is 11.7. The van der Waals surface area contributed by atoms with Crippen molar-refractivity contribution in [1.82, 2.24) is 0 Å². The smallest absolute Gasteiger partial charge is 0.306 e. The summed E-state index contributed by atoms with van der Waals surface area (Å²) in [4.78, 5) is 22.4. The molecule has 0 fully saturated rings. The van der Waals surface area contributed by atoms with Crippen molar-refractivity contribution in [2.75, 3.05) is 5.32 Å². The monoisotopic (exact) mass is 249 g/mol. The Balaban J connectivity index is 2.77. The van der Waals surface area contributed by atoms with Crippen molar-refractivity contribution in [3.8, 4) is 0 Å². The van der Waals surface area contributed by atoms with E-state index in [0.29, 0.717) is 0 Å². The third-order valence-electron chi connectivity index (χ3n) is 3.25. The summed E-state index contributed by atoms with van der Waals surface area (Å²) in [5.41, 5.74) is 4.08. The Bertz CT molecular complexity index is 480. The Morgan fingerprint density at radius 1 is 1.22 bits per heavy atom. The lowest BCUT2D eigenvalue weighted by molar-refractivity contribution is -0.142. The van der Waals surface area contributed by atoms with Crippen LogP contribution in [0.15, 0.2) is 12.1 Å². The van der Waals surface area contributed by atoms with E-state index in [9.17, 15) is 9.59 Å². The zero-order chi connectivity index (χ0) is 13.9. The van der Waals surface area contributed by atoms with E-state index < -0.39 is 11.9 Å². The second-order valence-electron chi connectivity index (χ2n) is 4.67. The van der Waals surface area contributed by atoms with Crippen molar-refractivity contribution in [3.05, 3.63) is 28.8 Å². The highest BCUT2D eigenvalue weighted by molar-refractivity contribution is 5.93. The minimum absolute atomic E-state index is 0.0122. The normalized spacial score (nSPS) is 12.0. The highest BCUT2D eigenvalue weighted by atomic mass is 16.4. The lowest BCUT2D eigenvalue weighted by Gasteiger charge is -2.13. The van der Waals surface area contributed by atoms with Crippen LogP contribution in [0.5, 0.6) is 0 Å². The Morgan fingerprint density at radius 3 is 2.39 bits per heavy atom. The van der Waals surface area contributed by atoms with Crippen LogP contribution in [0.4, 0.5) is 5.69 Å². The van der Waals surface area contributed by atoms with Gasteiger partial charge in [0.05, 0.1) is 5.92 Å². The van der Waals surface area contributed by atoms with Crippen molar-refractivity contribution in [2.45, 2.75) is 34.1 Å². The van der Waals surface area contributed by atoms with E-state index in [1.54, 1.807) is 0 Å². The van der Waals surface area contributed by atoms with Crippen molar-refractivity contribution in [2.24, 2.45) is 5.92 Å². The molecule has 0 aliphatic rings. The zero-order valence-corrected chi connectivity index (χ0v) is 11.2. The fourth-order valence-corrected chi connectivity index (χ4v) is 1.66. The summed E-state index contributed by atoms with van der Waals surface area (Å²) in [6.45, 7) is 7.48. The van der Waals surface area contributed by atoms with Gasteiger partial charge in [-0.15, -0.1) is 0 Å². The highest BCUT2D eigenvalue weighted by Crippen LogP contribution is 2.22. The second kappa shape index (κ2) is 5.67. The average molecular weight is 249 g/mol. The van der Waals surface area contributed by atoms with Gasteiger partial charge in [0.15, 0.2) is 0 Å². The number of aliphatic carboxylic acids is 1. The first kappa shape index (κ1) is 14.2. The number of amides is 1. The number of hydrogen-bond donors (Lipinski definition) is 2. The first-order chi connectivity index (χ1) is 8.32. The van der Waals surface area contributed by atoms with Crippen LogP contribution in [0.2, 0.25) is 0 Å². The molecule has 1 amide bonds. The Hall–Kier alpha value is -1.84. The highest BCUT2D eigenvalue weighted by Gasteiger charge is 2.16. The Labute approximate surface area is 107 Å². The van der Waals surface area contributed by atoms with Gasteiger partial charge in [0.2, 0.25) is 5.91 Å². The first-order valence-electron chi connectivity index (χ1n) is 5.92. The molecule has 0 radical (unpaired) electrons. The molecule has 4 heteroatoms.